The average Bonchev–Trinajstić information content (AvgIpc) is 2.83. The maximum absolute atomic E-state index is 12.6. The number of nitrogens with one attached hydrogen (secondary N) is 1. The molecule has 5 nitrogen and oxygen atoms in total. The summed E-state index contributed by atoms with van der Waals surface area (Å²) in [4.78, 5) is 25.1. The Morgan fingerprint density at radius 3 is 2.09 bits per heavy atom. The molecule has 1 amide bonds. The van der Waals surface area contributed by atoms with Gasteiger partial charge in [0.1, 0.15) is 5.84 Å². The molecule has 1 fully saturated rings. The van der Waals surface area contributed by atoms with Crippen molar-refractivity contribution in [1.82, 2.24) is 9.80 Å². The Hall–Kier alpha value is -3.16. The third-order valence-corrected chi connectivity index (χ3v) is 5.77. The Labute approximate surface area is 199 Å². The number of hydrogen-bond donors (Lipinski definition) is 1. The van der Waals surface area contributed by atoms with E-state index in [-0.39, 0.29) is 5.91 Å². The molecule has 1 aliphatic rings. The van der Waals surface area contributed by atoms with E-state index >= 15 is 0 Å². The van der Waals surface area contributed by atoms with Crippen LogP contribution in [0.1, 0.15) is 36.0 Å². The van der Waals surface area contributed by atoms with Crippen LogP contribution in [0.15, 0.2) is 54.6 Å². The van der Waals surface area contributed by atoms with Crippen molar-refractivity contribution in [2.24, 2.45) is 5.92 Å². The minimum atomic E-state index is -4.64. The smallest absolute Gasteiger partial charge is 0.363 e. The van der Waals surface area contributed by atoms with Crippen LogP contribution in [0.3, 0.4) is 0 Å². The molecule has 0 aliphatic carbocycles. The highest BCUT2D eigenvalue weighted by Gasteiger charge is 2.25. The first kappa shape index (κ1) is 27.1. The largest absolute Gasteiger partial charge is 0.446 e. The number of carbonyl (C=O) groups is 2. The molecule has 0 saturated carbocycles. The zero-order chi connectivity index (χ0) is 25.1. The summed E-state index contributed by atoms with van der Waals surface area (Å²) in [7, 11) is 3.75. The number of likely N-dealkylation sites (tertiary alicyclic amines) is 1. The molecular formula is C26H32F3N3O2. The summed E-state index contributed by atoms with van der Waals surface area (Å²) in [6.07, 6.45) is -1.06. The third-order valence-electron chi connectivity index (χ3n) is 5.77. The molecule has 1 heterocycles. The molecule has 1 saturated heterocycles. The van der Waals surface area contributed by atoms with Crippen molar-refractivity contribution in [2.45, 2.75) is 38.3 Å². The second-order valence-corrected chi connectivity index (χ2v) is 8.61. The Kier molecular flexibility index (Phi) is 10.3. The first-order chi connectivity index (χ1) is 16.1. The number of amides is 1. The normalized spacial score (nSPS) is 14.1. The van der Waals surface area contributed by atoms with Crippen molar-refractivity contribution in [1.29, 1.82) is 5.41 Å². The molecule has 1 N–H and O–H groups in total. The number of halogens is 3. The predicted molar refractivity (Wildman–Crippen MR) is 127 cm³/mol. The van der Waals surface area contributed by atoms with E-state index in [1.54, 1.807) is 4.90 Å². The third kappa shape index (κ3) is 9.37. The van der Waals surface area contributed by atoms with Crippen LogP contribution in [0.5, 0.6) is 0 Å². The number of carbonyl (C=O) groups excluding carboxylic acids is 2. The summed E-state index contributed by atoms with van der Waals surface area (Å²) in [6.45, 7) is 1.77. The molecule has 34 heavy (non-hydrogen) atoms. The van der Waals surface area contributed by atoms with Gasteiger partial charge in [-0.3, -0.25) is 15.0 Å². The molecule has 0 spiro atoms. The van der Waals surface area contributed by atoms with Gasteiger partial charge in [0.15, 0.2) is 0 Å². The van der Waals surface area contributed by atoms with E-state index in [0.29, 0.717) is 18.2 Å². The van der Waals surface area contributed by atoms with Crippen LogP contribution in [0.25, 0.3) is 0 Å². The van der Waals surface area contributed by atoms with E-state index < -0.39 is 12.5 Å². The molecule has 0 bridgehead atoms. The number of piperidine rings is 1. The minimum Gasteiger partial charge on any atom is -0.363 e. The standard InChI is InChI=1S/C24H31N3O.C2HF3O/c1-26(2)24(25)22-11-8-19(9-12-22)10-13-23(28)27-16-14-21(15-17-27)18-20-6-4-3-5-7-20;3-2(4,5)1-6/h3-9,11-12,21,25H,10,13-18H2,1-2H3;1H. The lowest BCUT2D eigenvalue weighted by molar-refractivity contribution is -0.156. The van der Waals surface area contributed by atoms with Gasteiger partial charge in [0.2, 0.25) is 12.2 Å². The van der Waals surface area contributed by atoms with E-state index in [1.165, 1.54) is 5.56 Å². The number of nitrogens with zero attached hydrogens (tertiary/aromatic N) is 2. The number of amidine groups is 1. The van der Waals surface area contributed by atoms with Crippen molar-refractivity contribution >= 4 is 18.0 Å². The number of hydrogen-bond acceptors (Lipinski definition) is 3. The fourth-order valence-electron chi connectivity index (χ4n) is 3.83. The molecule has 2 aromatic carbocycles. The number of rotatable bonds is 6. The molecule has 1 aliphatic heterocycles. The quantitative estimate of drug-likeness (QED) is 0.373. The molecule has 8 heteroatoms. The number of aryl methyl sites for hydroxylation is 1. The molecular weight excluding hydrogens is 443 g/mol. The molecule has 0 radical (unpaired) electrons. The van der Waals surface area contributed by atoms with Gasteiger partial charge in [-0.05, 0) is 42.7 Å². The molecule has 3 rings (SSSR count). The van der Waals surface area contributed by atoms with Gasteiger partial charge in [0, 0.05) is 39.2 Å². The van der Waals surface area contributed by atoms with Gasteiger partial charge in [-0.25, -0.2) is 0 Å². The van der Waals surface area contributed by atoms with Crippen LogP contribution < -0.4 is 0 Å². The maximum Gasteiger partial charge on any atom is 0.446 e. The summed E-state index contributed by atoms with van der Waals surface area (Å²) in [6, 6.07) is 18.7. The van der Waals surface area contributed by atoms with Crippen molar-refractivity contribution in [3.63, 3.8) is 0 Å². The van der Waals surface area contributed by atoms with Gasteiger partial charge >= 0.3 is 6.18 Å². The first-order valence-corrected chi connectivity index (χ1v) is 11.3. The number of benzene rings is 2. The molecule has 0 atom stereocenters. The second kappa shape index (κ2) is 12.9. The molecule has 184 valence electrons. The van der Waals surface area contributed by atoms with Gasteiger partial charge in [0.05, 0.1) is 0 Å². The van der Waals surface area contributed by atoms with Crippen LogP contribution in [-0.2, 0) is 22.4 Å². The summed E-state index contributed by atoms with van der Waals surface area (Å²) >= 11 is 0. The highest BCUT2D eigenvalue weighted by Crippen LogP contribution is 2.22. The highest BCUT2D eigenvalue weighted by molar-refractivity contribution is 5.96. The monoisotopic (exact) mass is 475 g/mol. The summed E-state index contributed by atoms with van der Waals surface area (Å²) in [5, 5.41) is 8.01. The van der Waals surface area contributed by atoms with E-state index in [0.717, 1.165) is 49.9 Å². The Morgan fingerprint density at radius 1 is 1.03 bits per heavy atom. The number of alkyl halides is 3. The van der Waals surface area contributed by atoms with Crippen LogP contribution in [0.2, 0.25) is 0 Å². The maximum atomic E-state index is 12.6. The average molecular weight is 476 g/mol. The SMILES string of the molecule is CN(C)C(=N)c1ccc(CCC(=O)N2CCC(Cc3ccccc3)CC2)cc1.O=CC(F)(F)F. The van der Waals surface area contributed by atoms with Gasteiger partial charge < -0.3 is 9.80 Å². The van der Waals surface area contributed by atoms with Crippen molar-refractivity contribution < 1.29 is 22.8 Å². The Morgan fingerprint density at radius 2 is 1.59 bits per heavy atom. The predicted octanol–water partition coefficient (Wildman–Crippen LogP) is 4.74. The van der Waals surface area contributed by atoms with E-state index in [9.17, 15) is 18.0 Å². The van der Waals surface area contributed by atoms with Gasteiger partial charge in [-0.15, -0.1) is 0 Å². The van der Waals surface area contributed by atoms with Crippen LogP contribution in [0, 0.1) is 11.3 Å². The number of aldehydes is 1. The van der Waals surface area contributed by atoms with Crippen LogP contribution >= 0.6 is 0 Å². The molecule has 0 unspecified atom stereocenters. The molecule has 0 aromatic heterocycles. The summed E-state index contributed by atoms with van der Waals surface area (Å²) < 4.78 is 31.2. The Bertz CT molecular complexity index is 921. The van der Waals surface area contributed by atoms with Gasteiger partial charge in [0.25, 0.3) is 0 Å². The topological polar surface area (TPSA) is 64.5 Å². The van der Waals surface area contributed by atoms with Gasteiger partial charge in [-0.1, -0.05) is 54.6 Å². The van der Waals surface area contributed by atoms with Crippen molar-refractivity contribution in [3.8, 4) is 0 Å². The lowest BCUT2D eigenvalue weighted by Gasteiger charge is -2.32. The fraction of sp³-hybridized carbons (Fsp3) is 0.423. The fourth-order valence-corrected chi connectivity index (χ4v) is 3.83. The lowest BCUT2D eigenvalue weighted by atomic mass is 9.90. The van der Waals surface area contributed by atoms with Crippen molar-refractivity contribution in [3.05, 3.63) is 71.3 Å². The minimum absolute atomic E-state index is 0.267. The zero-order valence-corrected chi connectivity index (χ0v) is 19.6. The highest BCUT2D eigenvalue weighted by atomic mass is 19.4. The van der Waals surface area contributed by atoms with Crippen LogP contribution in [0.4, 0.5) is 13.2 Å². The zero-order valence-electron chi connectivity index (χ0n) is 19.6. The van der Waals surface area contributed by atoms with E-state index in [4.69, 9.17) is 10.2 Å². The van der Waals surface area contributed by atoms with Crippen LogP contribution in [-0.4, -0.2) is 61.2 Å². The van der Waals surface area contributed by atoms with Gasteiger partial charge in [-0.2, -0.15) is 13.2 Å². The Balaban J connectivity index is 0.000000604. The van der Waals surface area contributed by atoms with E-state index in [2.05, 4.69) is 30.3 Å². The summed E-state index contributed by atoms with van der Waals surface area (Å²) in [5.41, 5.74) is 3.46. The second-order valence-electron chi connectivity index (χ2n) is 8.61. The summed E-state index contributed by atoms with van der Waals surface area (Å²) in [5.74, 6) is 1.45. The lowest BCUT2D eigenvalue weighted by Crippen LogP contribution is -2.39. The first-order valence-electron chi connectivity index (χ1n) is 11.3. The van der Waals surface area contributed by atoms with E-state index in [1.807, 2.05) is 43.3 Å². The molecule has 2 aromatic rings. The van der Waals surface area contributed by atoms with Crippen molar-refractivity contribution in [2.75, 3.05) is 27.2 Å².